The van der Waals surface area contributed by atoms with Crippen LogP contribution in [0.15, 0.2) is 18.6 Å². The molecule has 1 aromatic heterocycles. The predicted molar refractivity (Wildman–Crippen MR) is 61.8 cm³/mol. The minimum Gasteiger partial charge on any atom is -0.550 e. The van der Waals surface area contributed by atoms with Crippen molar-refractivity contribution in [1.82, 2.24) is 9.97 Å². The number of carbonyl (C=O) groups is 4. The average Bonchev–Trinajstić information content (AvgIpc) is 2.95. The molecule has 25 heavy (non-hydrogen) atoms. The molecule has 2 N–H and O–H groups in total. The summed E-state index contributed by atoms with van der Waals surface area (Å²) in [6, 6.07) is 0. The topological polar surface area (TPSA) is 209 Å². The molecule has 2 atom stereocenters. The number of aromatic nitrogens is 2. The molecule has 0 spiro atoms. The van der Waals surface area contributed by atoms with Crippen molar-refractivity contribution in [2.24, 2.45) is 5.92 Å². The van der Waals surface area contributed by atoms with Crippen LogP contribution in [-0.4, -0.2) is 45.1 Å². The summed E-state index contributed by atoms with van der Waals surface area (Å²) in [7, 11) is 0. The third-order valence-electron chi connectivity index (χ3n) is 2.22. The molecular formula is C12H10Mn2N2O9. The number of H-pyrrole nitrogens is 1. The van der Waals surface area contributed by atoms with Gasteiger partial charge >= 0.3 is 34.1 Å². The summed E-state index contributed by atoms with van der Waals surface area (Å²) in [6.45, 7) is 0. The molecule has 1 rings (SSSR count). The SMILES string of the molecule is O=C([O-])C=Cc1c[nH]cn1.O=C([O-])CC(C(=O)[O-])C(O)C(=O)[O-].[Mn+2].[Mn+2]. The summed E-state index contributed by atoms with van der Waals surface area (Å²) >= 11 is 0. The number of carboxylic acid groups (broad SMARTS) is 4. The molecule has 0 bridgehead atoms. The van der Waals surface area contributed by atoms with Gasteiger partial charge in [0, 0.05) is 24.1 Å². The van der Waals surface area contributed by atoms with Crippen LogP contribution in [0.25, 0.3) is 6.08 Å². The Morgan fingerprint density at radius 2 is 1.68 bits per heavy atom. The molecule has 0 fully saturated rings. The molecule has 1 aromatic rings. The molecule has 0 saturated carbocycles. The summed E-state index contributed by atoms with van der Waals surface area (Å²) in [6.07, 6.45) is 1.77. The summed E-state index contributed by atoms with van der Waals surface area (Å²) in [5.74, 6) is -9.14. The van der Waals surface area contributed by atoms with Crippen LogP contribution in [0.5, 0.6) is 0 Å². The van der Waals surface area contributed by atoms with E-state index in [0.717, 1.165) is 6.08 Å². The molecule has 0 aromatic carbocycles. The van der Waals surface area contributed by atoms with E-state index in [1.165, 1.54) is 12.4 Å². The Morgan fingerprint density at radius 3 is 2.00 bits per heavy atom. The van der Waals surface area contributed by atoms with Crippen LogP contribution in [0.2, 0.25) is 0 Å². The number of nitrogens with zero attached hydrogens (tertiary/aromatic N) is 1. The molecule has 0 amide bonds. The van der Waals surface area contributed by atoms with Crippen molar-refractivity contribution in [1.29, 1.82) is 0 Å². The van der Waals surface area contributed by atoms with Gasteiger partial charge in [0.05, 0.1) is 24.0 Å². The predicted octanol–water partition coefficient (Wildman–Crippen LogP) is -6.23. The van der Waals surface area contributed by atoms with Crippen LogP contribution in [0, 0.1) is 5.92 Å². The molecule has 0 aliphatic carbocycles. The fourth-order valence-electron chi connectivity index (χ4n) is 1.18. The molecule has 13 heteroatoms. The Balaban J connectivity index is -0.000000367. The van der Waals surface area contributed by atoms with Gasteiger partial charge in [-0.05, 0) is 18.6 Å². The van der Waals surface area contributed by atoms with Gasteiger partial charge in [0.25, 0.3) is 0 Å². The van der Waals surface area contributed by atoms with Crippen molar-refractivity contribution in [2.45, 2.75) is 12.5 Å². The molecule has 0 saturated heterocycles. The van der Waals surface area contributed by atoms with E-state index in [-0.39, 0.29) is 34.1 Å². The van der Waals surface area contributed by atoms with Gasteiger partial charge in [-0.3, -0.25) is 0 Å². The van der Waals surface area contributed by atoms with E-state index in [1.807, 2.05) is 0 Å². The second kappa shape index (κ2) is 14.2. The van der Waals surface area contributed by atoms with Crippen LogP contribution in [0.1, 0.15) is 12.1 Å². The van der Waals surface area contributed by atoms with Gasteiger partial charge in [-0.1, -0.05) is 0 Å². The van der Waals surface area contributed by atoms with Crippen molar-refractivity contribution in [3.63, 3.8) is 0 Å². The summed E-state index contributed by atoms with van der Waals surface area (Å²) in [4.78, 5) is 46.3. The van der Waals surface area contributed by atoms with E-state index < -0.39 is 42.3 Å². The monoisotopic (exact) mass is 436 g/mol. The zero-order chi connectivity index (χ0) is 18.0. The quantitative estimate of drug-likeness (QED) is 0.305. The number of carboxylic acids is 4. The Bertz CT molecular complexity index is 589. The number of aromatic amines is 1. The van der Waals surface area contributed by atoms with Crippen LogP contribution in [0.4, 0.5) is 0 Å². The third-order valence-corrected chi connectivity index (χ3v) is 2.22. The molecule has 0 aliphatic heterocycles. The van der Waals surface area contributed by atoms with E-state index in [2.05, 4.69) is 9.97 Å². The van der Waals surface area contributed by atoms with Crippen molar-refractivity contribution in [3.8, 4) is 0 Å². The fraction of sp³-hybridized carbons (Fsp3) is 0.250. The number of carbonyl (C=O) groups excluding carboxylic acids is 4. The second-order valence-corrected chi connectivity index (χ2v) is 3.91. The van der Waals surface area contributed by atoms with Gasteiger partial charge < -0.3 is 49.7 Å². The van der Waals surface area contributed by atoms with Crippen molar-refractivity contribution >= 4 is 30.0 Å². The maximum atomic E-state index is 10.1. The van der Waals surface area contributed by atoms with Gasteiger partial charge in [0.15, 0.2) is 0 Å². The smallest absolute Gasteiger partial charge is 0.550 e. The summed E-state index contributed by atoms with van der Waals surface area (Å²) in [5, 5.41) is 48.5. The first-order valence-electron chi connectivity index (χ1n) is 5.82. The number of hydrogen-bond donors (Lipinski definition) is 2. The van der Waals surface area contributed by atoms with Crippen LogP contribution >= 0.6 is 0 Å². The van der Waals surface area contributed by atoms with E-state index >= 15 is 0 Å². The van der Waals surface area contributed by atoms with E-state index in [1.54, 1.807) is 6.20 Å². The summed E-state index contributed by atoms with van der Waals surface area (Å²) < 4.78 is 0. The Kier molecular flexibility index (Phi) is 15.7. The number of aliphatic hydroxyl groups is 1. The Hall–Kier alpha value is -2.17. The molecule has 2 unspecified atom stereocenters. The number of imidazole rings is 1. The molecule has 1 heterocycles. The first kappa shape index (κ1) is 27.7. The van der Waals surface area contributed by atoms with Crippen molar-refractivity contribution in [3.05, 3.63) is 24.3 Å². The number of aliphatic hydroxyl groups excluding tert-OH is 1. The largest absolute Gasteiger partial charge is 2.00 e. The first-order chi connectivity index (χ1) is 10.6. The van der Waals surface area contributed by atoms with E-state index in [9.17, 15) is 39.6 Å². The molecular weight excluding hydrogens is 426 g/mol. The van der Waals surface area contributed by atoms with Crippen LogP contribution in [0.3, 0.4) is 0 Å². The van der Waals surface area contributed by atoms with Crippen LogP contribution in [-0.2, 0) is 53.3 Å². The molecule has 11 nitrogen and oxygen atoms in total. The average molecular weight is 436 g/mol. The third kappa shape index (κ3) is 12.9. The number of rotatable bonds is 7. The molecule has 136 valence electrons. The van der Waals surface area contributed by atoms with E-state index in [0.29, 0.717) is 5.69 Å². The number of hydrogen-bond acceptors (Lipinski definition) is 10. The summed E-state index contributed by atoms with van der Waals surface area (Å²) in [5.41, 5.74) is 0.573. The maximum absolute atomic E-state index is 10.1. The maximum Gasteiger partial charge on any atom is 2.00 e. The Morgan fingerprint density at radius 1 is 1.12 bits per heavy atom. The second-order valence-electron chi connectivity index (χ2n) is 3.91. The number of nitrogens with one attached hydrogen (secondary N) is 1. The normalized spacial score (nSPS) is 11.7. The fourth-order valence-corrected chi connectivity index (χ4v) is 1.18. The molecule has 0 aliphatic rings. The molecule has 2 radical (unpaired) electrons. The number of aliphatic carboxylic acids is 4. The van der Waals surface area contributed by atoms with Crippen molar-refractivity contribution in [2.75, 3.05) is 0 Å². The minimum atomic E-state index is -2.41. The van der Waals surface area contributed by atoms with Gasteiger partial charge in [0.1, 0.15) is 6.10 Å². The van der Waals surface area contributed by atoms with Crippen LogP contribution < -0.4 is 20.4 Å². The van der Waals surface area contributed by atoms with Crippen molar-refractivity contribution < 1.29 is 78.8 Å². The van der Waals surface area contributed by atoms with E-state index in [4.69, 9.17) is 5.11 Å². The zero-order valence-electron chi connectivity index (χ0n) is 12.1. The Labute approximate surface area is 161 Å². The van der Waals surface area contributed by atoms with Gasteiger partial charge in [-0.25, -0.2) is 4.98 Å². The van der Waals surface area contributed by atoms with Gasteiger partial charge in [-0.15, -0.1) is 0 Å². The minimum absolute atomic E-state index is 0. The zero-order valence-corrected chi connectivity index (χ0v) is 14.4. The van der Waals surface area contributed by atoms with Gasteiger partial charge in [0.2, 0.25) is 0 Å². The standard InChI is InChI=1S/C6H6N2O2.C6H8O7.2Mn/c9-6(10)2-1-5-3-7-4-8-5;7-3(8)1-2(5(10)11)4(9)6(12)13;;/h1-4H,(H,7,8)(H,9,10);2,4,9H,1H2,(H,7,8)(H,10,11)(H,12,13);;/q;;2*+2/p-4. The first-order valence-corrected chi connectivity index (χ1v) is 5.82. The van der Waals surface area contributed by atoms with Gasteiger partial charge in [-0.2, -0.15) is 0 Å².